The number of nitrogens with two attached hydrogens (primary N) is 1. The first kappa shape index (κ1) is 13.2. The minimum Gasteiger partial charge on any atom is -0.479 e. The molecule has 8 nitrogen and oxygen atoms in total. The largest absolute Gasteiger partial charge is 0.479 e. The lowest BCUT2D eigenvalue weighted by Gasteiger charge is -2.06. The maximum Gasteiger partial charge on any atom is 0.313 e. The number of nitrogen functional groups attached to an aromatic ring is 1. The predicted molar refractivity (Wildman–Crippen MR) is 69.9 cm³/mol. The molecule has 0 aliphatic rings. The van der Waals surface area contributed by atoms with Gasteiger partial charge in [0, 0.05) is 5.56 Å². The minimum atomic E-state index is -0.461. The van der Waals surface area contributed by atoms with Crippen LogP contribution in [0.25, 0.3) is 0 Å². The van der Waals surface area contributed by atoms with Crippen LogP contribution in [0.15, 0.2) is 18.2 Å². The van der Waals surface area contributed by atoms with Crippen molar-refractivity contribution in [3.63, 3.8) is 0 Å². The average Bonchev–Trinajstić information content (AvgIpc) is 2.83. The van der Waals surface area contributed by atoms with Gasteiger partial charge in [0.25, 0.3) is 0 Å². The molecule has 0 aliphatic heterocycles. The SMILES string of the molecule is Cc1cccc(OCc2nnc(NN)s2)c1[N+](=O)[O-]. The molecule has 3 N–H and O–H groups in total. The molecule has 0 atom stereocenters. The molecule has 0 fully saturated rings. The number of nitrogens with zero attached hydrogens (tertiary/aromatic N) is 3. The summed E-state index contributed by atoms with van der Waals surface area (Å²) >= 11 is 1.22. The molecule has 1 aromatic carbocycles. The molecule has 0 bridgehead atoms. The molecule has 100 valence electrons. The molecule has 1 aromatic heterocycles. The van der Waals surface area contributed by atoms with Crippen molar-refractivity contribution >= 4 is 22.2 Å². The molecular formula is C10H11N5O3S. The maximum atomic E-state index is 11.0. The Hall–Kier alpha value is -2.26. The maximum absolute atomic E-state index is 11.0. The molecule has 0 saturated carbocycles. The van der Waals surface area contributed by atoms with E-state index in [0.29, 0.717) is 15.7 Å². The summed E-state index contributed by atoms with van der Waals surface area (Å²) in [6, 6.07) is 4.91. The molecule has 1 heterocycles. The van der Waals surface area contributed by atoms with Gasteiger partial charge in [0.1, 0.15) is 6.61 Å². The van der Waals surface area contributed by atoms with Gasteiger partial charge in [0.15, 0.2) is 10.8 Å². The summed E-state index contributed by atoms with van der Waals surface area (Å²) in [5, 5.41) is 19.6. The zero-order valence-electron chi connectivity index (χ0n) is 9.99. The smallest absolute Gasteiger partial charge is 0.313 e. The Kier molecular flexibility index (Phi) is 3.88. The van der Waals surface area contributed by atoms with Crippen LogP contribution in [0.2, 0.25) is 0 Å². The van der Waals surface area contributed by atoms with Crippen LogP contribution in [0.1, 0.15) is 10.6 Å². The quantitative estimate of drug-likeness (QED) is 0.486. The van der Waals surface area contributed by atoms with E-state index in [2.05, 4.69) is 15.6 Å². The zero-order chi connectivity index (χ0) is 13.8. The highest BCUT2D eigenvalue weighted by Gasteiger charge is 2.18. The number of hydrogen-bond acceptors (Lipinski definition) is 8. The van der Waals surface area contributed by atoms with E-state index in [9.17, 15) is 10.1 Å². The third-order valence-corrected chi connectivity index (χ3v) is 3.15. The third kappa shape index (κ3) is 2.95. The van der Waals surface area contributed by atoms with E-state index < -0.39 is 4.92 Å². The van der Waals surface area contributed by atoms with Crippen molar-refractivity contribution < 1.29 is 9.66 Å². The lowest BCUT2D eigenvalue weighted by Crippen LogP contribution is -2.05. The van der Waals surface area contributed by atoms with Crippen LogP contribution < -0.4 is 16.0 Å². The molecule has 0 radical (unpaired) electrons. The molecule has 2 rings (SSSR count). The van der Waals surface area contributed by atoms with Crippen molar-refractivity contribution in [2.24, 2.45) is 5.84 Å². The second-order valence-corrected chi connectivity index (χ2v) is 4.67. The number of hydrazine groups is 1. The Bertz CT molecular complexity index is 601. The molecule has 19 heavy (non-hydrogen) atoms. The number of ether oxygens (including phenoxy) is 1. The van der Waals surface area contributed by atoms with E-state index in [4.69, 9.17) is 10.6 Å². The lowest BCUT2D eigenvalue weighted by atomic mass is 10.2. The van der Waals surface area contributed by atoms with Crippen LogP contribution in [0, 0.1) is 17.0 Å². The van der Waals surface area contributed by atoms with E-state index in [0.717, 1.165) is 0 Å². The highest BCUT2D eigenvalue weighted by atomic mass is 32.1. The lowest BCUT2D eigenvalue weighted by molar-refractivity contribution is -0.386. The van der Waals surface area contributed by atoms with Gasteiger partial charge >= 0.3 is 5.69 Å². The van der Waals surface area contributed by atoms with Gasteiger partial charge in [-0.3, -0.25) is 15.5 Å². The highest BCUT2D eigenvalue weighted by Crippen LogP contribution is 2.31. The number of para-hydroxylation sites is 1. The van der Waals surface area contributed by atoms with Crippen LogP contribution >= 0.6 is 11.3 Å². The van der Waals surface area contributed by atoms with Crippen molar-refractivity contribution in [2.45, 2.75) is 13.5 Å². The Morgan fingerprint density at radius 1 is 1.53 bits per heavy atom. The first-order valence-corrected chi connectivity index (χ1v) is 6.09. The van der Waals surface area contributed by atoms with Crippen LogP contribution in [-0.4, -0.2) is 15.1 Å². The van der Waals surface area contributed by atoms with Crippen molar-refractivity contribution in [2.75, 3.05) is 5.43 Å². The topological polar surface area (TPSA) is 116 Å². The summed E-state index contributed by atoms with van der Waals surface area (Å²) in [6.07, 6.45) is 0. The molecule has 0 saturated heterocycles. The second kappa shape index (κ2) is 5.59. The number of nitro groups is 1. The van der Waals surface area contributed by atoms with Crippen molar-refractivity contribution in [1.82, 2.24) is 10.2 Å². The first-order valence-electron chi connectivity index (χ1n) is 5.27. The average molecular weight is 281 g/mol. The first-order chi connectivity index (χ1) is 9.11. The van der Waals surface area contributed by atoms with Crippen LogP contribution in [0.4, 0.5) is 10.8 Å². The fraction of sp³-hybridized carbons (Fsp3) is 0.200. The molecule has 0 amide bonds. The minimum absolute atomic E-state index is 0.0378. The van der Waals surface area contributed by atoms with E-state index in [1.165, 1.54) is 11.3 Å². The number of aryl methyl sites for hydroxylation is 1. The third-order valence-electron chi connectivity index (χ3n) is 2.32. The number of aromatic nitrogens is 2. The monoisotopic (exact) mass is 281 g/mol. The van der Waals surface area contributed by atoms with Crippen LogP contribution in [0.3, 0.4) is 0 Å². The standard InChI is InChI=1S/C10H11N5O3S/c1-6-3-2-4-7(9(6)15(16)17)18-5-8-13-14-10(12-11)19-8/h2-4H,5,11H2,1H3,(H,12,14). The van der Waals surface area contributed by atoms with Crippen LogP contribution in [-0.2, 0) is 6.61 Å². The summed E-state index contributed by atoms with van der Waals surface area (Å²) in [7, 11) is 0. The molecule has 2 aromatic rings. The summed E-state index contributed by atoms with van der Waals surface area (Å²) in [6.45, 7) is 1.76. The van der Waals surface area contributed by atoms with Crippen LogP contribution in [0.5, 0.6) is 5.75 Å². The van der Waals surface area contributed by atoms with Crippen molar-refractivity contribution in [3.8, 4) is 5.75 Å². The van der Waals surface area contributed by atoms with Gasteiger partial charge in [-0.25, -0.2) is 5.84 Å². The number of nitro benzene ring substituents is 1. The molecular weight excluding hydrogens is 270 g/mol. The zero-order valence-corrected chi connectivity index (χ0v) is 10.8. The molecule has 0 spiro atoms. The Labute approximate surface area is 112 Å². The number of nitrogens with one attached hydrogen (secondary N) is 1. The highest BCUT2D eigenvalue weighted by molar-refractivity contribution is 7.15. The van der Waals surface area contributed by atoms with E-state index in [-0.39, 0.29) is 18.0 Å². The van der Waals surface area contributed by atoms with Gasteiger partial charge in [0.05, 0.1) is 4.92 Å². The predicted octanol–water partition coefficient (Wildman–Crippen LogP) is 1.62. The molecule has 0 unspecified atom stereocenters. The summed E-state index contributed by atoms with van der Waals surface area (Å²) in [5.41, 5.74) is 2.87. The fourth-order valence-electron chi connectivity index (χ4n) is 1.49. The van der Waals surface area contributed by atoms with Gasteiger partial charge in [-0.05, 0) is 13.0 Å². The van der Waals surface area contributed by atoms with E-state index >= 15 is 0 Å². The van der Waals surface area contributed by atoms with Gasteiger partial charge in [-0.1, -0.05) is 23.5 Å². The number of rotatable bonds is 5. The number of benzene rings is 1. The Morgan fingerprint density at radius 2 is 2.32 bits per heavy atom. The van der Waals surface area contributed by atoms with E-state index in [1.54, 1.807) is 25.1 Å². The fourth-order valence-corrected chi connectivity index (χ4v) is 2.06. The summed E-state index contributed by atoms with van der Waals surface area (Å²) in [5.74, 6) is 5.39. The molecule has 9 heteroatoms. The van der Waals surface area contributed by atoms with E-state index in [1.807, 2.05) is 0 Å². The normalized spacial score (nSPS) is 10.2. The summed E-state index contributed by atoms with van der Waals surface area (Å²) < 4.78 is 5.42. The van der Waals surface area contributed by atoms with Gasteiger partial charge in [0.2, 0.25) is 5.13 Å². The van der Waals surface area contributed by atoms with Crippen molar-refractivity contribution in [1.29, 1.82) is 0 Å². The number of anilines is 1. The van der Waals surface area contributed by atoms with Gasteiger partial charge < -0.3 is 4.74 Å². The molecule has 0 aliphatic carbocycles. The van der Waals surface area contributed by atoms with Gasteiger partial charge in [-0.2, -0.15) is 0 Å². The second-order valence-electron chi connectivity index (χ2n) is 3.61. The summed E-state index contributed by atoms with van der Waals surface area (Å²) in [4.78, 5) is 10.5. The van der Waals surface area contributed by atoms with Gasteiger partial charge in [-0.15, -0.1) is 10.2 Å². The van der Waals surface area contributed by atoms with Crippen molar-refractivity contribution in [3.05, 3.63) is 38.9 Å². The number of hydrogen-bond donors (Lipinski definition) is 2. The Balaban J connectivity index is 2.15. The Morgan fingerprint density at radius 3 is 2.95 bits per heavy atom.